The molecule has 0 atom stereocenters. The molecule has 4 aromatic rings. The SMILES string of the molecule is CCCC(CCC)c1c2n(c3cc(C(=O)OC)ccc13)CCCn1cc(C(=O)CC)c3cccc-2c31. The van der Waals surface area contributed by atoms with Crippen LogP contribution in [0.3, 0.4) is 0 Å². The lowest BCUT2D eigenvalue weighted by Crippen LogP contribution is -2.11. The third-order valence-electron chi connectivity index (χ3n) is 7.76. The summed E-state index contributed by atoms with van der Waals surface area (Å²) in [6, 6.07) is 12.4. The lowest BCUT2D eigenvalue weighted by molar-refractivity contribution is 0.0600. The molecule has 2 aromatic carbocycles. The molecule has 0 unspecified atom stereocenters. The highest BCUT2D eigenvalue weighted by atomic mass is 16.5. The largest absolute Gasteiger partial charge is 0.465 e. The maximum atomic E-state index is 12.9. The summed E-state index contributed by atoms with van der Waals surface area (Å²) in [7, 11) is 1.43. The summed E-state index contributed by atoms with van der Waals surface area (Å²) in [5.74, 6) is 0.309. The standard InChI is InChI=1S/C31H36N2O3/c1-5-10-20(11-6-2)28-23-15-14-21(31(35)36-4)18-26(23)33-17-9-16-32-19-25(27(34)7-3)22-12-8-13-24(29(22)32)30(28)33/h8,12-15,18-20H,5-7,9-11,16-17H2,1-4H3. The average Bonchev–Trinajstić information content (AvgIpc) is 3.42. The second kappa shape index (κ2) is 9.96. The van der Waals surface area contributed by atoms with E-state index < -0.39 is 0 Å². The zero-order chi connectivity index (χ0) is 25.4. The first-order valence-corrected chi connectivity index (χ1v) is 13.4. The van der Waals surface area contributed by atoms with Crippen LogP contribution in [-0.2, 0) is 17.8 Å². The van der Waals surface area contributed by atoms with E-state index in [-0.39, 0.29) is 11.8 Å². The van der Waals surface area contributed by atoms with Crippen molar-refractivity contribution in [3.8, 4) is 11.3 Å². The van der Waals surface area contributed by atoms with Gasteiger partial charge in [-0.15, -0.1) is 0 Å². The molecule has 2 aromatic heterocycles. The third kappa shape index (κ3) is 3.85. The molecular weight excluding hydrogens is 448 g/mol. The van der Waals surface area contributed by atoms with Crippen LogP contribution in [0.4, 0.5) is 0 Å². The minimum absolute atomic E-state index is 0.188. The van der Waals surface area contributed by atoms with E-state index in [1.165, 1.54) is 29.3 Å². The van der Waals surface area contributed by atoms with Crippen LogP contribution in [0.5, 0.6) is 0 Å². The highest BCUT2D eigenvalue weighted by molar-refractivity contribution is 6.12. The number of methoxy groups -OCH3 is 1. The minimum atomic E-state index is -0.308. The van der Waals surface area contributed by atoms with Crippen LogP contribution in [0.15, 0.2) is 42.6 Å². The Morgan fingerprint density at radius 2 is 1.78 bits per heavy atom. The van der Waals surface area contributed by atoms with Crippen LogP contribution >= 0.6 is 0 Å². The lowest BCUT2D eigenvalue weighted by atomic mass is 9.86. The zero-order valence-electron chi connectivity index (χ0n) is 21.9. The number of hydrogen-bond acceptors (Lipinski definition) is 3. The van der Waals surface area contributed by atoms with E-state index in [1.807, 2.05) is 19.1 Å². The number of nitrogens with zero attached hydrogens (tertiary/aromatic N) is 2. The number of hydrogen-bond donors (Lipinski definition) is 0. The number of para-hydroxylation sites is 1. The summed E-state index contributed by atoms with van der Waals surface area (Å²) in [5, 5.41) is 2.27. The number of ether oxygens (including phenoxy) is 1. The number of carbonyl (C=O) groups excluding carboxylic acids is 2. The lowest BCUT2D eigenvalue weighted by Gasteiger charge is -2.22. The van der Waals surface area contributed by atoms with Crippen molar-refractivity contribution in [2.75, 3.05) is 7.11 Å². The van der Waals surface area contributed by atoms with E-state index in [1.54, 1.807) is 0 Å². The first-order valence-electron chi connectivity index (χ1n) is 13.4. The predicted molar refractivity (Wildman–Crippen MR) is 146 cm³/mol. The van der Waals surface area contributed by atoms with E-state index in [9.17, 15) is 9.59 Å². The average molecular weight is 485 g/mol. The molecule has 0 fully saturated rings. The Morgan fingerprint density at radius 1 is 1.00 bits per heavy atom. The monoisotopic (exact) mass is 484 g/mol. The molecule has 0 N–H and O–H groups in total. The molecule has 5 nitrogen and oxygen atoms in total. The van der Waals surface area contributed by atoms with Gasteiger partial charge in [-0.25, -0.2) is 4.79 Å². The van der Waals surface area contributed by atoms with Gasteiger partial charge in [0.15, 0.2) is 5.78 Å². The van der Waals surface area contributed by atoms with E-state index in [4.69, 9.17) is 4.74 Å². The fourth-order valence-electron chi connectivity index (χ4n) is 6.23. The second-order valence-electron chi connectivity index (χ2n) is 9.98. The Kier molecular flexibility index (Phi) is 6.74. The van der Waals surface area contributed by atoms with E-state index in [0.717, 1.165) is 67.2 Å². The van der Waals surface area contributed by atoms with Crippen molar-refractivity contribution in [3.63, 3.8) is 0 Å². The normalized spacial score (nSPS) is 13.1. The van der Waals surface area contributed by atoms with Crippen molar-refractivity contribution in [1.82, 2.24) is 9.13 Å². The molecule has 1 aliphatic heterocycles. The molecule has 5 heteroatoms. The Balaban J connectivity index is 1.89. The van der Waals surface area contributed by atoms with Gasteiger partial charge in [0, 0.05) is 53.1 Å². The van der Waals surface area contributed by atoms with Gasteiger partial charge in [-0.2, -0.15) is 0 Å². The Hall–Kier alpha value is -3.34. The number of aromatic nitrogens is 2. The summed E-state index contributed by atoms with van der Waals surface area (Å²) in [4.78, 5) is 25.3. The fraction of sp³-hybridized carbons (Fsp3) is 0.419. The van der Waals surface area contributed by atoms with Gasteiger partial charge in [-0.05, 0) is 42.9 Å². The molecule has 188 valence electrons. The molecule has 0 saturated heterocycles. The molecule has 0 amide bonds. The van der Waals surface area contributed by atoms with Crippen LogP contribution in [0.1, 0.15) is 91.5 Å². The van der Waals surface area contributed by atoms with Crippen LogP contribution in [0.2, 0.25) is 0 Å². The molecule has 3 heterocycles. The topological polar surface area (TPSA) is 53.2 Å². The molecular formula is C31H36N2O3. The minimum Gasteiger partial charge on any atom is -0.465 e. The molecule has 0 bridgehead atoms. The first-order chi connectivity index (χ1) is 17.5. The number of carbonyl (C=O) groups is 2. The van der Waals surface area contributed by atoms with Gasteiger partial charge < -0.3 is 13.9 Å². The van der Waals surface area contributed by atoms with Gasteiger partial charge in [-0.1, -0.05) is 57.9 Å². The summed E-state index contributed by atoms with van der Waals surface area (Å²) in [6.07, 6.45) is 8.00. The van der Waals surface area contributed by atoms with Gasteiger partial charge >= 0.3 is 5.97 Å². The highest BCUT2D eigenvalue weighted by Gasteiger charge is 2.28. The van der Waals surface area contributed by atoms with E-state index >= 15 is 0 Å². The van der Waals surface area contributed by atoms with E-state index in [2.05, 4.69) is 53.4 Å². The third-order valence-corrected chi connectivity index (χ3v) is 7.76. The molecule has 36 heavy (non-hydrogen) atoms. The van der Waals surface area contributed by atoms with Crippen LogP contribution in [0, 0.1) is 0 Å². The van der Waals surface area contributed by atoms with Crippen LogP contribution in [0.25, 0.3) is 33.1 Å². The quantitative estimate of drug-likeness (QED) is 0.190. The number of esters is 1. The Morgan fingerprint density at radius 3 is 2.47 bits per heavy atom. The number of Topliss-reactive ketones (excluding diaryl/α,β-unsaturated/α-hetero) is 1. The van der Waals surface area contributed by atoms with E-state index in [0.29, 0.717) is 17.9 Å². The molecule has 0 saturated carbocycles. The van der Waals surface area contributed by atoms with Crippen molar-refractivity contribution in [2.24, 2.45) is 0 Å². The van der Waals surface area contributed by atoms with Gasteiger partial charge in [-0.3, -0.25) is 4.79 Å². The predicted octanol–water partition coefficient (Wildman–Crippen LogP) is 7.73. The van der Waals surface area contributed by atoms with Gasteiger partial charge in [0.05, 0.1) is 23.9 Å². The van der Waals surface area contributed by atoms with Crippen molar-refractivity contribution in [1.29, 1.82) is 0 Å². The Bertz CT molecular complexity index is 1450. The van der Waals surface area contributed by atoms with Crippen molar-refractivity contribution < 1.29 is 14.3 Å². The Labute approximate surface area is 213 Å². The maximum Gasteiger partial charge on any atom is 0.337 e. The highest BCUT2D eigenvalue weighted by Crippen LogP contribution is 2.45. The molecule has 0 spiro atoms. The summed E-state index contributed by atoms with van der Waals surface area (Å²) in [6.45, 7) is 8.15. The summed E-state index contributed by atoms with van der Waals surface area (Å²) in [5.41, 5.74) is 7.48. The van der Waals surface area contributed by atoms with Crippen LogP contribution in [-0.4, -0.2) is 28.0 Å². The second-order valence-corrected chi connectivity index (χ2v) is 9.98. The number of rotatable bonds is 8. The smallest absolute Gasteiger partial charge is 0.337 e. The maximum absolute atomic E-state index is 12.9. The number of fused-ring (bicyclic) bond motifs is 4. The molecule has 1 aliphatic rings. The number of benzene rings is 2. The van der Waals surface area contributed by atoms with Gasteiger partial charge in [0.1, 0.15) is 0 Å². The van der Waals surface area contributed by atoms with Crippen LogP contribution < -0.4 is 0 Å². The zero-order valence-corrected chi connectivity index (χ0v) is 21.9. The van der Waals surface area contributed by atoms with Crippen molar-refractivity contribution in [2.45, 2.75) is 78.3 Å². The fourth-order valence-corrected chi connectivity index (χ4v) is 6.23. The van der Waals surface area contributed by atoms with Gasteiger partial charge in [0.2, 0.25) is 0 Å². The van der Waals surface area contributed by atoms with Crippen molar-refractivity contribution >= 4 is 33.6 Å². The summed E-state index contributed by atoms with van der Waals surface area (Å²) >= 11 is 0. The van der Waals surface area contributed by atoms with Crippen molar-refractivity contribution in [3.05, 3.63) is 59.3 Å². The first kappa shape index (κ1) is 24.4. The molecule has 0 aliphatic carbocycles. The summed E-state index contributed by atoms with van der Waals surface area (Å²) < 4.78 is 9.78. The van der Waals surface area contributed by atoms with Gasteiger partial charge in [0.25, 0.3) is 0 Å². The number of ketones is 1. The molecule has 0 radical (unpaired) electrons. The molecule has 5 rings (SSSR count). The number of aryl methyl sites for hydroxylation is 2.